The molecule has 1 amide bonds. The van der Waals surface area contributed by atoms with Crippen LogP contribution in [0.5, 0.6) is 0 Å². The van der Waals surface area contributed by atoms with Gasteiger partial charge in [-0.3, -0.25) is 14.5 Å². The molecule has 0 heterocycles. The number of Topliss-reactive ketones (excluding diaryl/α,β-unsaturated/α-hetero) is 1. The molecule has 0 spiro atoms. The van der Waals surface area contributed by atoms with E-state index < -0.39 is 0 Å². The first-order valence-electron chi connectivity index (χ1n) is 5.32. The van der Waals surface area contributed by atoms with Gasteiger partial charge in [0.1, 0.15) is 5.78 Å². The highest BCUT2D eigenvalue weighted by Crippen LogP contribution is 2.01. The summed E-state index contributed by atoms with van der Waals surface area (Å²) in [6, 6.07) is 0.273. The first-order valence-corrected chi connectivity index (χ1v) is 5.32. The minimum absolute atomic E-state index is 0.00269. The van der Waals surface area contributed by atoms with Crippen molar-refractivity contribution in [2.75, 3.05) is 13.6 Å². The largest absolute Gasteiger partial charge is 0.353 e. The van der Waals surface area contributed by atoms with Gasteiger partial charge in [-0.25, -0.2) is 0 Å². The molecule has 0 aromatic carbocycles. The van der Waals surface area contributed by atoms with Gasteiger partial charge in [0.15, 0.2) is 0 Å². The summed E-state index contributed by atoms with van der Waals surface area (Å²) in [5.41, 5.74) is 0. The molecule has 1 atom stereocenters. The van der Waals surface area contributed by atoms with Crippen molar-refractivity contribution in [2.45, 2.75) is 46.2 Å². The van der Waals surface area contributed by atoms with E-state index in [1.807, 2.05) is 32.7 Å². The standard InChI is InChI=1S/C11H22N2O2/c1-8(2)12-11(15)7-13(5)9(3)6-10(4)14/h8-9H,6-7H2,1-5H3,(H,12,15). The van der Waals surface area contributed by atoms with Gasteiger partial charge in [0.05, 0.1) is 6.54 Å². The lowest BCUT2D eigenvalue weighted by Crippen LogP contribution is -2.42. The summed E-state index contributed by atoms with van der Waals surface area (Å²) in [7, 11) is 1.85. The van der Waals surface area contributed by atoms with Crippen LogP contribution in [0, 0.1) is 0 Å². The van der Waals surface area contributed by atoms with Crippen LogP contribution in [-0.2, 0) is 9.59 Å². The monoisotopic (exact) mass is 214 g/mol. The number of carbonyl (C=O) groups is 2. The van der Waals surface area contributed by atoms with Gasteiger partial charge < -0.3 is 5.32 Å². The van der Waals surface area contributed by atoms with Crippen LogP contribution >= 0.6 is 0 Å². The summed E-state index contributed by atoms with van der Waals surface area (Å²) in [6.45, 7) is 7.71. The van der Waals surface area contributed by atoms with Crippen LogP contribution in [0.4, 0.5) is 0 Å². The van der Waals surface area contributed by atoms with Crippen LogP contribution in [0.15, 0.2) is 0 Å². The third kappa shape index (κ3) is 7.08. The molecule has 88 valence electrons. The maximum Gasteiger partial charge on any atom is 0.234 e. The Morgan fingerprint density at radius 2 is 1.80 bits per heavy atom. The van der Waals surface area contributed by atoms with Crippen LogP contribution in [0.3, 0.4) is 0 Å². The highest BCUT2D eigenvalue weighted by Gasteiger charge is 2.14. The van der Waals surface area contributed by atoms with Crippen LogP contribution in [-0.4, -0.2) is 42.3 Å². The van der Waals surface area contributed by atoms with Gasteiger partial charge in [-0.05, 0) is 34.7 Å². The molecule has 0 aliphatic carbocycles. The van der Waals surface area contributed by atoms with Crippen molar-refractivity contribution >= 4 is 11.7 Å². The molecular formula is C11H22N2O2. The van der Waals surface area contributed by atoms with E-state index in [4.69, 9.17) is 0 Å². The van der Waals surface area contributed by atoms with E-state index in [-0.39, 0.29) is 23.8 Å². The molecule has 0 radical (unpaired) electrons. The molecule has 0 aromatic rings. The molecular weight excluding hydrogens is 192 g/mol. The van der Waals surface area contributed by atoms with Crippen LogP contribution in [0.2, 0.25) is 0 Å². The Morgan fingerprint density at radius 1 is 1.27 bits per heavy atom. The average molecular weight is 214 g/mol. The van der Waals surface area contributed by atoms with E-state index in [1.165, 1.54) is 0 Å². The minimum Gasteiger partial charge on any atom is -0.353 e. The molecule has 0 aliphatic rings. The fourth-order valence-corrected chi connectivity index (χ4v) is 1.32. The zero-order valence-electron chi connectivity index (χ0n) is 10.3. The Hall–Kier alpha value is -0.900. The first kappa shape index (κ1) is 14.1. The Bertz CT molecular complexity index is 227. The number of carbonyl (C=O) groups excluding carboxylic acids is 2. The lowest BCUT2D eigenvalue weighted by Gasteiger charge is -2.23. The average Bonchev–Trinajstić information content (AvgIpc) is 2.00. The second-order valence-electron chi connectivity index (χ2n) is 4.39. The lowest BCUT2D eigenvalue weighted by molar-refractivity contribution is -0.124. The fraction of sp³-hybridized carbons (Fsp3) is 0.818. The molecule has 0 bridgehead atoms. The molecule has 1 N–H and O–H groups in total. The molecule has 4 heteroatoms. The molecule has 1 unspecified atom stereocenters. The smallest absolute Gasteiger partial charge is 0.234 e. The molecule has 15 heavy (non-hydrogen) atoms. The summed E-state index contributed by atoms with van der Waals surface area (Å²) in [5.74, 6) is 0.154. The van der Waals surface area contributed by atoms with Gasteiger partial charge >= 0.3 is 0 Å². The maximum absolute atomic E-state index is 11.4. The predicted molar refractivity (Wildman–Crippen MR) is 60.7 cm³/mol. The topological polar surface area (TPSA) is 49.4 Å². The summed E-state index contributed by atoms with van der Waals surface area (Å²) in [5, 5.41) is 2.82. The SMILES string of the molecule is CC(=O)CC(C)N(C)CC(=O)NC(C)C. The van der Waals surface area contributed by atoms with Crippen molar-refractivity contribution < 1.29 is 9.59 Å². The van der Waals surface area contributed by atoms with Crippen molar-refractivity contribution in [3.8, 4) is 0 Å². The first-order chi connectivity index (χ1) is 6.82. The third-order valence-electron chi connectivity index (χ3n) is 2.18. The molecule has 4 nitrogen and oxygen atoms in total. The third-order valence-corrected chi connectivity index (χ3v) is 2.18. The zero-order chi connectivity index (χ0) is 12.0. The van der Waals surface area contributed by atoms with E-state index in [9.17, 15) is 9.59 Å². The van der Waals surface area contributed by atoms with Gasteiger partial charge in [-0.15, -0.1) is 0 Å². The van der Waals surface area contributed by atoms with E-state index in [0.717, 1.165) is 0 Å². The zero-order valence-corrected chi connectivity index (χ0v) is 10.3. The van der Waals surface area contributed by atoms with E-state index in [0.29, 0.717) is 13.0 Å². The molecule has 0 saturated heterocycles. The Labute approximate surface area is 92.0 Å². The second-order valence-corrected chi connectivity index (χ2v) is 4.39. The Kier molecular flexibility index (Phi) is 6.17. The number of hydrogen-bond donors (Lipinski definition) is 1. The van der Waals surface area contributed by atoms with Gasteiger partial charge in [0.2, 0.25) is 5.91 Å². The number of amides is 1. The van der Waals surface area contributed by atoms with Crippen LogP contribution < -0.4 is 5.32 Å². The second kappa shape index (κ2) is 6.56. The predicted octanol–water partition coefficient (Wildman–Crippen LogP) is 0.810. The number of ketones is 1. The number of nitrogens with one attached hydrogen (secondary N) is 1. The van der Waals surface area contributed by atoms with E-state index in [1.54, 1.807) is 6.92 Å². The molecule has 0 fully saturated rings. The molecule has 0 rings (SSSR count). The van der Waals surface area contributed by atoms with Crippen molar-refractivity contribution in [1.29, 1.82) is 0 Å². The Balaban J connectivity index is 3.95. The van der Waals surface area contributed by atoms with Gasteiger partial charge in [0, 0.05) is 18.5 Å². The van der Waals surface area contributed by atoms with Crippen molar-refractivity contribution in [3.05, 3.63) is 0 Å². The van der Waals surface area contributed by atoms with Crippen LogP contribution in [0.1, 0.15) is 34.1 Å². The number of rotatable bonds is 6. The minimum atomic E-state index is 0.00269. The van der Waals surface area contributed by atoms with Gasteiger partial charge in [0.25, 0.3) is 0 Å². The highest BCUT2D eigenvalue weighted by molar-refractivity contribution is 5.78. The van der Waals surface area contributed by atoms with Crippen molar-refractivity contribution in [1.82, 2.24) is 10.2 Å². The fourth-order valence-electron chi connectivity index (χ4n) is 1.32. The maximum atomic E-state index is 11.4. The quantitative estimate of drug-likeness (QED) is 0.712. The number of nitrogens with zero attached hydrogens (tertiary/aromatic N) is 1. The summed E-state index contributed by atoms with van der Waals surface area (Å²) in [4.78, 5) is 24.2. The Morgan fingerprint density at radius 3 is 2.20 bits per heavy atom. The van der Waals surface area contributed by atoms with Crippen molar-refractivity contribution in [2.24, 2.45) is 0 Å². The van der Waals surface area contributed by atoms with E-state index >= 15 is 0 Å². The number of likely N-dealkylation sites (N-methyl/N-ethyl adjacent to an activating group) is 1. The molecule has 0 aliphatic heterocycles. The van der Waals surface area contributed by atoms with E-state index in [2.05, 4.69) is 5.32 Å². The van der Waals surface area contributed by atoms with Crippen molar-refractivity contribution in [3.63, 3.8) is 0 Å². The van der Waals surface area contributed by atoms with Gasteiger partial charge in [-0.1, -0.05) is 0 Å². The summed E-state index contributed by atoms with van der Waals surface area (Å²) >= 11 is 0. The summed E-state index contributed by atoms with van der Waals surface area (Å²) < 4.78 is 0. The molecule has 0 saturated carbocycles. The van der Waals surface area contributed by atoms with Crippen LogP contribution in [0.25, 0.3) is 0 Å². The lowest BCUT2D eigenvalue weighted by atomic mass is 10.1. The number of hydrogen-bond acceptors (Lipinski definition) is 3. The normalized spacial score (nSPS) is 13.0. The summed E-state index contributed by atoms with van der Waals surface area (Å²) in [6.07, 6.45) is 0.492. The highest BCUT2D eigenvalue weighted by atomic mass is 16.2. The van der Waals surface area contributed by atoms with Gasteiger partial charge in [-0.2, -0.15) is 0 Å². The molecule has 0 aromatic heterocycles.